The molecule has 1 aromatic rings. The van der Waals surface area contributed by atoms with E-state index in [2.05, 4.69) is 23.7 Å². The van der Waals surface area contributed by atoms with E-state index in [9.17, 15) is 0 Å². The molecule has 0 radical (unpaired) electrons. The van der Waals surface area contributed by atoms with Crippen LogP contribution in [0.25, 0.3) is 0 Å². The van der Waals surface area contributed by atoms with Gasteiger partial charge in [-0.1, -0.05) is 12.2 Å². The van der Waals surface area contributed by atoms with Gasteiger partial charge >= 0.3 is 0 Å². The number of thiocarbonyl (C=S) groups is 1. The van der Waals surface area contributed by atoms with E-state index in [0.29, 0.717) is 17.6 Å². The highest BCUT2D eigenvalue weighted by Gasteiger charge is 2.25. The molecule has 1 aliphatic rings. The first kappa shape index (κ1) is 12.3. The van der Waals surface area contributed by atoms with E-state index in [0.717, 1.165) is 17.8 Å². The van der Waals surface area contributed by atoms with Crippen molar-refractivity contribution in [3.63, 3.8) is 0 Å². The summed E-state index contributed by atoms with van der Waals surface area (Å²) >= 11 is 5.08. The predicted octanol–water partition coefficient (Wildman–Crippen LogP) is 1.33. The Labute approximate surface area is 107 Å². The summed E-state index contributed by atoms with van der Waals surface area (Å²) < 4.78 is 5.62. The van der Waals surface area contributed by atoms with E-state index in [1.165, 1.54) is 0 Å². The third kappa shape index (κ3) is 2.56. The summed E-state index contributed by atoms with van der Waals surface area (Å²) in [5.41, 5.74) is 7.63. The molecule has 2 unspecified atom stereocenters. The van der Waals surface area contributed by atoms with Crippen molar-refractivity contribution in [1.82, 2.24) is 4.98 Å². The Morgan fingerprint density at radius 1 is 1.59 bits per heavy atom. The monoisotopic (exact) mass is 251 g/mol. The van der Waals surface area contributed by atoms with Gasteiger partial charge < -0.3 is 15.4 Å². The summed E-state index contributed by atoms with van der Waals surface area (Å²) in [5.74, 6) is 0. The topological polar surface area (TPSA) is 51.4 Å². The Kier molecular flexibility index (Phi) is 3.59. The van der Waals surface area contributed by atoms with Crippen molar-refractivity contribution >= 4 is 22.9 Å². The minimum Gasteiger partial charge on any atom is -0.389 e. The van der Waals surface area contributed by atoms with Gasteiger partial charge in [0.05, 0.1) is 24.6 Å². The third-order valence-electron chi connectivity index (χ3n) is 2.98. The van der Waals surface area contributed by atoms with E-state index in [1.807, 2.05) is 12.3 Å². The summed E-state index contributed by atoms with van der Waals surface area (Å²) in [6.45, 7) is 5.74. The first-order valence-electron chi connectivity index (χ1n) is 5.71. The van der Waals surface area contributed by atoms with Crippen LogP contribution in [-0.2, 0) is 4.74 Å². The molecule has 1 aliphatic heterocycles. The highest BCUT2D eigenvalue weighted by atomic mass is 32.1. The molecule has 5 heteroatoms. The number of rotatable bonds is 2. The molecule has 0 aliphatic carbocycles. The number of pyridine rings is 1. The maximum absolute atomic E-state index is 5.75. The van der Waals surface area contributed by atoms with Gasteiger partial charge in [0.25, 0.3) is 0 Å². The Balaban J connectivity index is 2.35. The van der Waals surface area contributed by atoms with Gasteiger partial charge in [0, 0.05) is 24.3 Å². The summed E-state index contributed by atoms with van der Waals surface area (Å²) in [7, 11) is 0. The molecule has 2 heterocycles. The quantitative estimate of drug-likeness (QED) is 0.804. The van der Waals surface area contributed by atoms with Crippen molar-refractivity contribution in [3.05, 3.63) is 24.0 Å². The minimum absolute atomic E-state index is 0.214. The number of nitrogens with zero attached hydrogens (tertiary/aromatic N) is 2. The molecule has 4 nitrogen and oxygen atoms in total. The lowest BCUT2D eigenvalue weighted by Crippen LogP contribution is -2.48. The molecule has 0 amide bonds. The molecule has 1 fully saturated rings. The third-order valence-corrected chi connectivity index (χ3v) is 3.20. The normalized spacial score (nSPS) is 24.7. The molecule has 2 N–H and O–H groups in total. The van der Waals surface area contributed by atoms with Crippen LogP contribution >= 0.6 is 12.2 Å². The number of aromatic nitrogens is 1. The molecule has 0 spiro atoms. The van der Waals surface area contributed by atoms with Crippen LogP contribution in [0.4, 0.5) is 5.69 Å². The van der Waals surface area contributed by atoms with Crippen LogP contribution < -0.4 is 10.6 Å². The second-order valence-corrected chi connectivity index (χ2v) is 4.84. The van der Waals surface area contributed by atoms with Gasteiger partial charge in [0.1, 0.15) is 4.99 Å². The fourth-order valence-corrected chi connectivity index (χ4v) is 2.23. The summed E-state index contributed by atoms with van der Waals surface area (Å²) in [5, 5.41) is 0. The zero-order chi connectivity index (χ0) is 12.4. The van der Waals surface area contributed by atoms with Crippen LogP contribution in [0.2, 0.25) is 0 Å². The lowest BCUT2D eigenvalue weighted by molar-refractivity contribution is 0.0343. The number of ether oxygens (including phenoxy) is 1. The van der Waals surface area contributed by atoms with E-state index >= 15 is 0 Å². The fourth-order valence-electron chi connectivity index (χ4n) is 2.06. The highest BCUT2D eigenvalue weighted by Crippen LogP contribution is 2.24. The van der Waals surface area contributed by atoms with Crippen LogP contribution in [0.15, 0.2) is 18.5 Å². The second-order valence-electron chi connectivity index (χ2n) is 4.40. The molecule has 17 heavy (non-hydrogen) atoms. The molecular formula is C12H17N3OS. The lowest BCUT2D eigenvalue weighted by atomic mass is 10.1. The summed E-state index contributed by atoms with van der Waals surface area (Å²) in [6.07, 6.45) is 3.75. The Morgan fingerprint density at radius 3 is 3.06 bits per heavy atom. The zero-order valence-corrected chi connectivity index (χ0v) is 10.9. The SMILES string of the molecule is CC1CN(c2cnccc2C(N)=S)C(C)CO1. The molecule has 1 aromatic heterocycles. The van der Waals surface area contributed by atoms with E-state index in [4.69, 9.17) is 22.7 Å². The van der Waals surface area contributed by atoms with Crippen molar-refractivity contribution in [1.29, 1.82) is 0 Å². The molecular weight excluding hydrogens is 234 g/mol. The van der Waals surface area contributed by atoms with Gasteiger partial charge in [-0.05, 0) is 19.9 Å². The van der Waals surface area contributed by atoms with E-state index < -0.39 is 0 Å². The first-order chi connectivity index (χ1) is 8.09. The number of nitrogens with two attached hydrogens (primary N) is 1. The number of hydrogen-bond acceptors (Lipinski definition) is 4. The standard InChI is InChI=1S/C12H17N3OS/c1-8-7-16-9(2)6-15(8)11-5-14-4-3-10(11)12(13)17/h3-5,8-9H,6-7H2,1-2H3,(H2,13,17). The maximum atomic E-state index is 5.75. The second kappa shape index (κ2) is 4.98. The van der Waals surface area contributed by atoms with Crippen LogP contribution in [0, 0.1) is 0 Å². The smallest absolute Gasteiger partial charge is 0.106 e. The van der Waals surface area contributed by atoms with Gasteiger partial charge in [0.15, 0.2) is 0 Å². The van der Waals surface area contributed by atoms with Crippen LogP contribution in [-0.4, -0.2) is 35.3 Å². The molecule has 92 valence electrons. The van der Waals surface area contributed by atoms with Crippen molar-refractivity contribution in [2.45, 2.75) is 26.0 Å². The van der Waals surface area contributed by atoms with Crippen molar-refractivity contribution < 1.29 is 4.74 Å². The maximum Gasteiger partial charge on any atom is 0.106 e. The summed E-state index contributed by atoms with van der Waals surface area (Å²) in [6, 6.07) is 2.17. The van der Waals surface area contributed by atoms with Crippen LogP contribution in [0.3, 0.4) is 0 Å². The summed E-state index contributed by atoms with van der Waals surface area (Å²) in [4.78, 5) is 6.84. The Hall–Kier alpha value is -1.20. The van der Waals surface area contributed by atoms with Gasteiger partial charge in [-0.25, -0.2) is 0 Å². The van der Waals surface area contributed by atoms with Gasteiger partial charge in [0.2, 0.25) is 0 Å². The van der Waals surface area contributed by atoms with Crippen LogP contribution in [0.1, 0.15) is 19.4 Å². The molecule has 0 saturated carbocycles. The Morgan fingerprint density at radius 2 is 2.35 bits per heavy atom. The number of hydrogen-bond donors (Lipinski definition) is 1. The van der Waals surface area contributed by atoms with Crippen LogP contribution in [0.5, 0.6) is 0 Å². The molecule has 2 atom stereocenters. The molecule has 0 aromatic carbocycles. The average molecular weight is 251 g/mol. The average Bonchev–Trinajstić information content (AvgIpc) is 2.32. The number of morpholine rings is 1. The predicted molar refractivity (Wildman–Crippen MR) is 72.3 cm³/mol. The Bertz CT molecular complexity index is 424. The van der Waals surface area contributed by atoms with Crippen molar-refractivity contribution in [3.8, 4) is 0 Å². The van der Waals surface area contributed by atoms with Crippen molar-refractivity contribution in [2.24, 2.45) is 5.73 Å². The van der Waals surface area contributed by atoms with Gasteiger partial charge in [-0.15, -0.1) is 0 Å². The van der Waals surface area contributed by atoms with E-state index in [1.54, 1.807) is 6.20 Å². The largest absolute Gasteiger partial charge is 0.389 e. The molecule has 2 rings (SSSR count). The molecule has 0 bridgehead atoms. The lowest BCUT2D eigenvalue weighted by Gasteiger charge is -2.39. The van der Waals surface area contributed by atoms with Crippen molar-refractivity contribution in [2.75, 3.05) is 18.1 Å². The highest BCUT2D eigenvalue weighted by molar-refractivity contribution is 7.80. The van der Waals surface area contributed by atoms with E-state index in [-0.39, 0.29) is 6.10 Å². The zero-order valence-electron chi connectivity index (χ0n) is 10.1. The number of anilines is 1. The first-order valence-corrected chi connectivity index (χ1v) is 6.12. The molecule has 1 saturated heterocycles. The van der Waals surface area contributed by atoms with Gasteiger partial charge in [-0.2, -0.15) is 0 Å². The minimum atomic E-state index is 0.214. The fraction of sp³-hybridized carbons (Fsp3) is 0.500. The van der Waals surface area contributed by atoms with Gasteiger partial charge in [-0.3, -0.25) is 4.98 Å².